The van der Waals surface area contributed by atoms with Gasteiger partial charge >= 0.3 is 0 Å². The van der Waals surface area contributed by atoms with Crippen LogP contribution in [0.4, 0.5) is 0 Å². The molecule has 2 aromatic rings. The number of rotatable bonds is 6. The summed E-state index contributed by atoms with van der Waals surface area (Å²) >= 11 is 4.71. The van der Waals surface area contributed by atoms with Gasteiger partial charge in [0.05, 0.1) is 13.3 Å². The van der Waals surface area contributed by atoms with Crippen LogP contribution in [-0.2, 0) is 6.61 Å². The van der Waals surface area contributed by atoms with Crippen LogP contribution in [0.5, 0.6) is 11.5 Å². The fourth-order valence-electron chi connectivity index (χ4n) is 2.34. The average molecular weight is 343 g/mol. The highest BCUT2D eigenvalue weighted by molar-refractivity contribution is 7.80. The van der Waals surface area contributed by atoms with Gasteiger partial charge in [-0.05, 0) is 61.0 Å². The second-order valence-electron chi connectivity index (χ2n) is 5.32. The van der Waals surface area contributed by atoms with Crippen molar-refractivity contribution in [2.75, 3.05) is 7.11 Å². The molecule has 0 bridgehead atoms. The second-order valence-corrected chi connectivity index (χ2v) is 5.75. The van der Waals surface area contributed by atoms with Gasteiger partial charge in [-0.1, -0.05) is 18.2 Å². The fourth-order valence-corrected chi connectivity index (χ4v) is 2.39. The van der Waals surface area contributed by atoms with Gasteiger partial charge in [0.1, 0.15) is 18.1 Å². The summed E-state index contributed by atoms with van der Waals surface area (Å²) in [6, 6.07) is 11.8. The number of hydrogen-bond acceptors (Lipinski definition) is 4. The van der Waals surface area contributed by atoms with Gasteiger partial charge in [-0.15, -0.1) is 0 Å². The van der Waals surface area contributed by atoms with Crippen molar-refractivity contribution in [2.45, 2.75) is 20.5 Å². The smallest absolute Gasteiger partial charge is 0.184 e. The lowest BCUT2D eigenvalue weighted by atomic mass is 10.1. The molecule has 6 heteroatoms. The Kier molecular flexibility index (Phi) is 6.14. The lowest BCUT2D eigenvalue weighted by Gasteiger charge is -2.14. The molecule has 126 valence electrons. The number of benzene rings is 2. The summed E-state index contributed by atoms with van der Waals surface area (Å²) < 4.78 is 11.4. The van der Waals surface area contributed by atoms with Crippen LogP contribution < -0.4 is 20.6 Å². The number of hydrazone groups is 1. The molecule has 0 aliphatic carbocycles. The van der Waals surface area contributed by atoms with Crippen molar-refractivity contribution in [2.24, 2.45) is 10.8 Å². The number of thiocarbonyl (C=S) groups is 1. The Morgan fingerprint density at radius 2 is 1.96 bits per heavy atom. The summed E-state index contributed by atoms with van der Waals surface area (Å²) in [5.41, 5.74) is 11.9. The van der Waals surface area contributed by atoms with E-state index < -0.39 is 0 Å². The maximum Gasteiger partial charge on any atom is 0.184 e. The van der Waals surface area contributed by atoms with Gasteiger partial charge < -0.3 is 15.2 Å². The molecule has 0 heterocycles. The van der Waals surface area contributed by atoms with E-state index in [1.165, 1.54) is 0 Å². The molecule has 2 rings (SSSR count). The third-order valence-electron chi connectivity index (χ3n) is 3.47. The molecule has 0 saturated heterocycles. The first-order chi connectivity index (χ1) is 11.5. The van der Waals surface area contributed by atoms with Crippen molar-refractivity contribution in [1.82, 2.24) is 5.43 Å². The minimum atomic E-state index is 0.123. The Bertz CT molecular complexity index is 740. The van der Waals surface area contributed by atoms with Gasteiger partial charge in [0, 0.05) is 5.56 Å². The lowest BCUT2D eigenvalue weighted by Crippen LogP contribution is -2.24. The molecule has 2 aromatic carbocycles. The predicted molar refractivity (Wildman–Crippen MR) is 101 cm³/mol. The summed E-state index contributed by atoms with van der Waals surface area (Å²) in [4.78, 5) is 0. The van der Waals surface area contributed by atoms with Gasteiger partial charge in [-0.2, -0.15) is 5.10 Å². The van der Waals surface area contributed by atoms with Gasteiger partial charge in [0.2, 0.25) is 0 Å². The first-order valence-corrected chi connectivity index (χ1v) is 7.86. The van der Waals surface area contributed by atoms with E-state index in [1.54, 1.807) is 13.3 Å². The molecule has 0 unspecified atom stereocenters. The SMILES string of the molecule is COc1ccc(C=NNC(N)=S)cc1COc1c(C)cccc1C. The molecule has 5 nitrogen and oxygen atoms in total. The highest BCUT2D eigenvalue weighted by Gasteiger charge is 2.08. The van der Waals surface area contributed by atoms with Crippen molar-refractivity contribution in [3.63, 3.8) is 0 Å². The van der Waals surface area contributed by atoms with E-state index in [4.69, 9.17) is 27.4 Å². The molecule has 0 aliphatic rings. The fraction of sp³-hybridized carbons (Fsp3) is 0.222. The monoisotopic (exact) mass is 343 g/mol. The van der Waals surface area contributed by atoms with Crippen LogP contribution >= 0.6 is 12.2 Å². The van der Waals surface area contributed by atoms with Crippen molar-refractivity contribution in [1.29, 1.82) is 0 Å². The zero-order chi connectivity index (χ0) is 17.5. The third-order valence-corrected chi connectivity index (χ3v) is 3.56. The van der Waals surface area contributed by atoms with Crippen LogP contribution in [0.15, 0.2) is 41.5 Å². The molecule has 0 saturated carbocycles. The minimum absolute atomic E-state index is 0.123. The summed E-state index contributed by atoms with van der Waals surface area (Å²) in [5.74, 6) is 1.66. The van der Waals surface area contributed by atoms with Gasteiger partial charge in [0.15, 0.2) is 5.11 Å². The van der Waals surface area contributed by atoms with Crippen LogP contribution in [0.25, 0.3) is 0 Å². The number of para-hydroxylation sites is 1. The van der Waals surface area contributed by atoms with E-state index in [0.717, 1.165) is 33.8 Å². The molecule has 0 amide bonds. The standard InChI is InChI=1S/C18H21N3O2S/c1-12-5-4-6-13(2)17(12)23-11-15-9-14(7-8-16(15)22-3)10-20-21-18(19)24/h4-10H,11H2,1-3H3,(H3,19,21,24). The molecule has 0 atom stereocenters. The summed E-state index contributed by atoms with van der Waals surface area (Å²) in [5, 5.41) is 4.08. The lowest BCUT2D eigenvalue weighted by molar-refractivity contribution is 0.293. The molecule has 0 spiro atoms. The number of aryl methyl sites for hydroxylation is 2. The topological polar surface area (TPSA) is 68.9 Å². The third kappa shape index (κ3) is 4.70. The Labute approximate surface area is 147 Å². The summed E-state index contributed by atoms with van der Waals surface area (Å²) in [7, 11) is 1.64. The van der Waals surface area contributed by atoms with Crippen molar-refractivity contribution < 1.29 is 9.47 Å². The van der Waals surface area contributed by atoms with E-state index in [1.807, 2.05) is 50.2 Å². The first kappa shape index (κ1) is 17.7. The highest BCUT2D eigenvalue weighted by atomic mass is 32.1. The number of methoxy groups -OCH3 is 1. The van der Waals surface area contributed by atoms with E-state index in [-0.39, 0.29) is 5.11 Å². The molecule has 3 N–H and O–H groups in total. The Morgan fingerprint density at radius 3 is 2.58 bits per heavy atom. The second kappa shape index (κ2) is 8.31. The molecule has 0 radical (unpaired) electrons. The molecule has 0 aromatic heterocycles. The summed E-state index contributed by atoms with van der Waals surface area (Å²) in [6.45, 7) is 4.47. The molecule has 0 aliphatic heterocycles. The highest BCUT2D eigenvalue weighted by Crippen LogP contribution is 2.26. The normalized spacial score (nSPS) is 10.6. The zero-order valence-corrected chi connectivity index (χ0v) is 14.8. The van der Waals surface area contributed by atoms with Crippen LogP contribution in [-0.4, -0.2) is 18.4 Å². The average Bonchev–Trinajstić information content (AvgIpc) is 2.54. The molecular weight excluding hydrogens is 322 g/mol. The van der Waals surface area contributed by atoms with Crippen molar-refractivity contribution in [3.8, 4) is 11.5 Å². The van der Waals surface area contributed by atoms with Crippen LogP contribution in [0, 0.1) is 13.8 Å². The maximum atomic E-state index is 6.01. The van der Waals surface area contributed by atoms with E-state index in [9.17, 15) is 0 Å². The Hall–Kier alpha value is -2.60. The predicted octanol–water partition coefficient (Wildman–Crippen LogP) is 3.06. The van der Waals surface area contributed by atoms with Gasteiger partial charge in [0.25, 0.3) is 0 Å². The first-order valence-electron chi connectivity index (χ1n) is 7.45. The van der Waals surface area contributed by atoms with Crippen LogP contribution in [0.3, 0.4) is 0 Å². The quantitative estimate of drug-likeness (QED) is 0.479. The molecule has 0 fully saturated rings. The van der Waals surface area contributed by atoms with Crippen molar-refractivity contribution in [3.05, 3.63) is 58.7 Å². The number of hydrogen-bond donors (Lipinski definition) is 2. The number of nitrogens with one attached hydrogen (secondary N) is 1. The summed E-state index contributed by atoms with van der Waals surface area (Å²) in [6.07, 6.45) is 1.64. The molecular formula is C18H21N3O2S. The zero-order valence-electron chi connectivity index (χ0n) is 14.0. The van der Waals surface area contributed by atoms with Crippen LogP contribution in [0.2, 0.25) is 0 Å². The van der Waals surface area contributed by atoms with Gasteiger partial charge in [-0.25, -0.2) is 0 Å². The maximum absolute atomic E-state index is 6.01. The van der Waals surface area contributed by atoms with Gasteiger partial charge in [-0.3, -0.25) is 5.43 Å². The van der Waals surface area contributed by atoms with E-state index in [2.05, 4.69) is 10.5 Å². The van der Waals surface area contributed by atoms with Crippen molar-refractivity contribution >= 4 is 23.5 Å². The van der Waals surface area contributed by atoms with Crippen LogP contribution in [0.1, 0.15) is 22.3 Å². The van der Waals surface area contributed by atoms with E-state index >= 15 is 0 Å². The number of ether oxygens (including phenoxy) is 2. The molecule has 24 heavy (non-hydrogen) atoms. The number of nitrogens with two attached hydrogens (primary N) is 1. The largest absolute Gasteiger partial charge is 0.496 e. The number of nitrogens with zero attached hydrogens (tertiary/aromatic N) is 1. The van der Waals surface area contributed by atoms with E-state index in [0.29, 0.717) is 6.61 Å². The minimum Gasteiger partial charge on any atom is -0.496 e. The Morgan fingerprint density at radius 1 is 1.25 bits per heavy atom. The Balaban J connectivity index is 2.18.